The van der Waals surface area contributed by atoms with Crippen LogP contribution in [0.4, 0.5) is 5.69 Å². The van der Waals surface area contributed by atoms with E-state index in [0.717, 1.165) is 0 Å². The quantitative estimate of drug-likeness (QED) is 0.598. The van der Waals surface area contributed by atoms with E-state index in [0.29, 0.717) is 22.8 Å². The van der Waals surface area contributed by atoms with Crippen LogP contribution >= 0.6 is 11.6 Å². The molecule has 0 aliphatic rings. The molecule has 0 unspecified atom stereocenters. The molecule has 3 heterocycles. The standard InChI is InChI=1S/C19H16ClN5O/c1-13-6-2-3-7-14(13)11-24-12-15(10-21-24)22-19(26)18-17(20)16-8-4-5-9-25(16)23-18/h2-10,12H,11H2,1H3,(H,22,26). The summed E-state index contributed by atoms with van der Waals surface area (Å²) in [4.78, 5) is 12.5. The van der Waals surface area contributed by atoms with Crippen LogP contribution in [0.15, 0.2) is 61.1 Å². The van der Waals surface area contributed by atoms with Crippen LogP contribution in [0, 0.1) is 6.92 Å². The number of hydrogen-bond donors (Lipinski definition) is 1. The van der Waals surface area contributed by atoms with Crippen molar-refractivity contribution in [3.8, 4) is 0 Å². The van der Waals surface area contributed by atoms with Gasteiger partial charge in [0.2, 0.25) is 0 Å². The Labute approximate surface area is 155 Å². The molecule has 0 aliphatic heterocycles. The number of nitrogens with zero attached hydrogens (tertiary/aromatic N) is 4. The van der Waals surface area contributed by atoms with E-state index in [1.165, 1.54) is 11.1 Å². The molecule has 0 fully saturated rings. The summed E-state index contributed by atoms with van der Waals surface area (Å²) in [6.07, 6.45) is 5.14. The van der Waals surface area contributed by atoms with Crippen molar-refractivity contribution < 1.29 is 4.79 Å². The van der Waals surface area contributed by atoms with Gasteiger partial charge in [-0.3, -0.25) is 9.48 Å². The first-order valence-electron chi connectivity index (χ1n) is 8.13. The molecule has 1 amide bonds. The fourth-order valence-electron chi connectivity index (χ4n) is 2.78. The molecule has 0 aliphatic carbocycles. The molecule has 7 heteroatoms. The van der Waals surface area contributed by atoms with Crippen molar-refractivity contribution in [3.05, 3.63) is 82.9 Å². The number of carbonyl (C=O) groups is 1. The van der Waals surface area contributed by atoms with Crippen LogP contribution in [0.5, 0.6) is 0 Å². The second kappa shape index (κ2) is 6.65. The summed E-state index contributed by atoms with van der Waals surface area (Å²) in [7, 11) is 0. The number of amides is 1. The van der Waals surface area contributed by atoms with Crippen molar-refractivity contribution >= 4 is 28.7 Å². The second-order valence-corrected chi connectivity index (χ2v) is 6.38. The number of anilines is 1. The van der Waals surface area contributed by atoms with E-state index in [1.807, 2.05) is 30.3 Å². The summed E-state index contributed by atoms with van der Waals surface area (Å²) in [5.74, 6) is -0.367. The number of benzene rings is 1. The van der Waals surface area contributed by atoms with Crippen LogP contribution in [0.3, 0.4) is 0 Å². The number of nitrogens with one attached hydrogen (secondary N) is 1. The first-order valence-corrected chi connectivity index (χ1v) is 8.51. The largest absolute Gasteiger partial charge is 0.318 e. The van der Waals surface area contributed by atoms with Crippen LogP contribution in [-0.4, -0.2) is 25.3 Å². The van der Waals surface area contributed by atoms with Crippen molar-refractivity contribution in [2.24, 2.45) is 0 Å². The maximum absolute atomic E-state index is 12.5. The molecule has 1 aromatic carbocycles. The van der Waals surface area contributed by atoms with Crippen molar-refractivity contribution in [1.29, 1.82) is 0 Å². The Morgan fingerprint density at radius 1 is 1.19 bits per heavy atom. The maximum Gasteiger partial charge on any atom is 0.277 e. The number of pyridine rings is 1. The Kier molecular flexibility index (Phi) is 4.18. The van der Waals surface area contributed by atoms with E-state index < -0.39 is 0 Å². The number of carbonyl (C=O) groups excluding carboxylic acids is 1. The smallest absolute Gasteiger partial charge is 0.277 e. The lowest BCUT2D eigenvalue weighted by Crippen LogP contribution is -2.12. The minimum Gasteiger partial charge on any atom is -0.318 e. The predicted octanol–water partition coefficient (Wildman–Crippen LogP) is 3.79. The maximum atomic E-state index is 12.5. The molecule has 0 saturated heterocycles. The van der Waals surface area contributed by atoms with Crippen LogP contribution in [0.1, 0.15) is 21.6 Å². The number of halogens is 1. The number of rotatable bonds is 4. The highest BCUT2D eigenvalue weighted by atomic mass is 35.5. The van der Waals surface area contributed by atoms with Crippen molar-refractivity contribution in [3.63, 3.8) is 0 Å². The molecular weight excluding hydrogens is 350 g/mol. The lowest BCUT2D eigenvalue weighted by atomic mass is 10.1. The topological polar surface area (TPSA) is 64.2 Å². The van der Waals surface area contributed by atoms with E-state index in [1.54, 1.807) is 27.8 Å². The Morgan fingerprint density at radius 2 is 2.00 bits per heavy atom. The van der Waals surface area contributed by atoms with Gasteiger partial charge in [0.25, 0.3) is 5.91 Å². The molecule has 6 nitrogen and oxygen atoms in total. The zero-order valence-electron chi connectivity index (χ0n) is 14.1. The van der Waals surface area contributed by atoms with Gasteiger partial charge < -0.3 is 5.32 Å². The molecule has 26 heavy (non-hydrogen) atoms. The van der Waals surface area contributed by atoms with Gasteiger partial charge in [0.05, 0.1) is 29.0 Å². The Balaban J connectivity index is 1.52. The predicted molar refractivity (Wildman–Crippen MR) is 101 cm³/mol. The van der Waals surface area contributed by atoms with E-state index in [9.17, 15) is 4.79 Å². The van der Waals surface area contributed by atoms with Crippen LogP contribution < -0.4 is 5.32 Å². The molecule has 4 rings (SSSR count). The number of hydrogen-bond acceptors (Lipinski definition) is 3. The van der Waals surface area contributed by atoms with Crippen LogP contribution in [0.25, 0.3) is 5.52 Å². The third kappa shape index (κ3) is 3.07. The summed E-state index contributed by atoms with van der Waals surface area (Å²) in [6.45, 7) is 2.70. The van der Waals surface area contributed by atoms with Gasteiger partial charge in [-0.1, -0.05) is 41.9 Å². The summed E-state index contributed by atoms with van der Waals surface area (Å²) in [6, 6.07) is 13.6. The zero-order valence-corrected chi connectivity index (χ0v) is 14.8. The molecule has 0 radical (unpaired) electrons. The highest BCUT2D eigenvalue weighted by molar-refractivity contribution is 6.37. The molecule has 130 valence electrons. The number of fused-ring (bicyclic) bond motifs is 1. The normalized spacial score (nSPS) is 11.0. The van der Waals surface area contributed by atoms with Gasteiger partial charge in [-0.15, -0.1) is 0 Å². The van der Waals surface area contributed by atoms with Gasteiger partial charge in [-0.05, 0) is 30.2 Å². The van der Waals surface area contributed by atoms with Crippen molar-refractivity contribution in [2.45, 2.75) is 13.5 Å². The molecule has 0 bridgehead atoms. The van der Waals surface area contributed by atoms with E-state index in [2.05, 4.69) is 34.6 Å². The lowest BCUT2D eigenvalue weighted by Gasteiger charge is -2.05. The fourth-order valence-corrected chi connectivity index (χ4v) is 3.05. The Morgan fingerprint density at radius 3 is 2.81 bits per heavy atom. The monoisotopic (exact) mass is 365 g/mol. The third-order valence-electron chi connectivity index (χ3n) is 4.18. The average Bonchev–Trinajstić information content (AvgIpc) is 3.22. The molecular formula is C19H16ClN5O. The minimum absolute atomic E-state index is 0.185. The lowest BCUT2D eigenvalue weighted by molar-refractivity contribution is 0.102. The fraction of sp³-hybridized carbons (Fsp3) is 0.105. The third-order valence-corrected chi connectivity index (χ3v) is 4.55. The van der Waals surface area contributed by atoms with Gasteiger partial charge in [0.15, 0.2) is 5.69 Å². The summed E-state index contributed by atoms with van der Waals surface area (Å²) in [5, 5.41) is 11.7. The average molecular weight is 366 g/mol. The number of aryl methyl sites for hydroxylation is 1. The molecule has 1 N–H and O–H groups in total. The van der Waals surface area contributed by atoms with Gasteiger partial charge in [0, 0.05) is 12.4 Å². The van der Waals surface area contributed by atoms with E-state index in [-0.39, 0.29) is 11.6 Å². The molecule has 0 saturated carbocycles. The summed E-state index contributed by atoms with van der Waals surface area (Å²) >= 11 is 6.28. The Hall–Kier alpha value is -3.12. The van der Waals surface area contributed by atoms with Gasteiger partial charge in [0.1, 0.15) is 0 Å². The number of aromatic nitrogens is 4. The van der Waals surface area contributed by atoms with Crippen molar-refractivity contribution in [2.75, 3.05) is 5.32 Å². The Bertz CT molecular complexity index is 1100. The molecule has 0 atom stereocenters. The van der Waals surface area contributed by atoms with E-state index in [4.69, 9.17) is 11.6 Å². The highest BCUT2D eigenvalue weighted by Crippen LogP contribution is 2.22. The second-order valence-electron chi connectivity index (χ2n) is 6.00. The first kappa shape index (κ1) is 16.4. The van der Waals surface area contributed by atoms with Gasteiger partial charge in [-0.2, -0.15) is 10.2 Å². The summed E-state index contributed by atoms with van der Waals surface area (Å²) < 4.78 is 3.36. The molecule has 4 aromatic rings. The summed E-state index contributed by atoms with van der Waals surface area (Å²) in [5.41, 5.74) is 3.85. The highest BCUT2D eigenvalue weighted by Gasteiger charge is 2.18. The van der Waals surface area contributed by atoms with Gasteiger partial charge in [-0.25, -0.2) is 4.52 Å². The SMILES string of the molecule is Cc1ccccc1Cn1cc(NC(=O)c2nn3ccccc3c2Cl)cn1. The molecule has 0 spiro atoms. The van der Waals surface area contributed by atoms with Crippen LogP contribution in [-0.2, 0) is 6.54 Å². The zero-order chi connectivity index (χ0) is 18.1. The van der Waals surface area contributed by atoms with E-state index >= 15 is 0 Å². The van der Waals surface area contributed by atoms with Gasteiger partial charge >= 0.3 is 0 Å². The minimum atomic E-state index is -0.367. The van der Waals surface area contributed by atoms with Crippen molar-refractivity contribution in [1.82, 2.24) is 19.4 Å². The molecule has 3 aromatic heterocycles. The van der Waals surface area contributed by atoms with Crippen LogP contribution in [0.2, 0.25) is 5.02 Å². The first-order chi connectivity index (χ1) is 12.6.